The van der Waals surface area contributed by atoms with Crippen molar-refractivity contribution in [2.75, 3.05) is 31.2 Å². The van der Waals surface area contributed by atoms with Crippen molar-refractivity contribution in [2.45, 2.75) is 50.9 Å². The van der Waals surface area contributed by atoms with Crippen LogP contribution in [-0.4, -0.2) is 62.9 Å². The predicted molar refractivity (Wildman–Crippen MR) is 132 cm³/mol. The van der Waals surface area contributed by atoms with Gasteiger partial charge in [0.15, 0.2) is 11.8 Å². The molecule has 1 unspecified atom stereocenters. The van der Waals surface area contributed by atoms with E-state index in [1.807, 2.05) is 19.1 Å². The fraction of sp³-hybridized carbons (Fsp3) is 0.542. The van der Waals surface area contributed by atoms with Crippen molar-refractivity contribution >= 4 is 22.7 Å². The van der Waals surface area contributed by atoms with Gasteiger partial charge in [0.1, 0.15) is 23.9 Å². The third-order valence-electron chi connectivity index (χ3n) is 6.83. The first-order valence-corrected chi connectivity index (χ1v) is 12.3. The molecule has 1 saturated carbocycles. The van der Waals surface area contributed by atoms with Gasteiger partial charge in [-0.25, -0.2) is 4.57 Å². The van der Waals surface area contributed by atoms with E-state index in [9.17, 15) is 10.1 Å². The zero-order valence-electron chi connectivity index (χ0n) is 20.5. The van der Waals surface area contributed by atoms with Crippen molar-refractivity contribution in [3.63, 3.8) is 0 Å². The average molecular weight is 498 g/mol. The molecule has 12 heteroatoms. The summed E-state index contributed by atoms with van der Waals surface area (Å²) in [5.74, 6) is 1.61. The topological polar surface area (TPSA) is 144 Å². The molecule has 1 atom stereocenters. The lowest BCUT2D eigenvalue weighted by atomic mass is 9.94. The van der Waals surface area contributed by atoms with Gasteiger partial charge >= 0.3 is 5.95 Å². The van der Waals surface area contributed by atoms with Crippen LogP contribution in [0.5, 0.6) is 11.6 Å². The van der Waals surface area contributed by atoms with Gasteiger partial charge in [0.2, 0.25) is 5.88 Å². The molecule has 5 rings (SSSR count). The number of nitro groups is 1. The Labute approximate surface area is 208 Å². The van der Waals surface area contributed by atoms with Gasteiger partial charge in [-0.3, -0.25) is 4.98 Å². The molecule has 1 aliphatic carbocycles. The van der Waals surface area contributed by atoms with E-state index in [2.05, 4.69) is 14.9 Å². The number of nitrogens with zero attached hydrogens (tertiary/aromatic N) is 6. The summed E-state index contributed by atoms with van der Waals surface area (Å²) in [5, 5.41) is 11.9. The molecule has 2 N–H and O–H groups in total. The Morgan fingerprint density at radius 1 is 1.17 bits per heavy atom. The van der Waals surface area contributed by atoms with Crippen molar-refractivity contribution in [3.05, 3.63) is 40.3 Å². The number of aromatic nitrogens is 4. The van der Waals surface area contributed by atoms with E-state index in [4.69, 9.17) is 24.9 Å². The molecular weight excluding hydrogens is 466 g/mol. The molecule has 0 amide bonds. The molecule has 0 aromatic carbocycles. The van der Waals surface area contributed by atoms with E-state index in [1.165, 1.54) is 10.8 Å². The van der Waals surface area contributed by atoms with Crippen LogP contribution in [0, 0.1) is 10.1 Å². The monoisotopic (exact) mass is 497 g/mol. The van der Waals surface area contributed by atoms with E-state index >= 15 is 0 Å². The molecule has 0 spiro atoms. The highest BCUT2D eigenvalue weighted by Crippen LogP contribution is 2.34. The first-order chi connectivity index (χ1) is 17.4. The number of morpholine rings is 1. The Morgan fingerprint density at radius 3 is 2.61 bits per heavy atom. The number of rotatable bonds is 7. The number of hydrogen-bond acceptors (Lipinski definition) is 10. The van der Waals surface area contributed by atoms with Gasteiger partial charge in [-0.05, 0) is 43.6 Å². The van der Waals surface area contributed by atoms with Crippen LogP contribution in [0.4, 0.5) is 11.8 Å². The van der Waals surface area contributed by atoms with Crippen molar-refractivity contribution in [3.8, 4) is 11.6 Å². The standard InChI is InChI=1S/C24H31N7O5/c1-15(21-14-27-24(29(21)2)31(32)33)35-18-11-19-20(26-13-18)12-22(30-7-9-34-10-8-30)28-23(19)36-17-5-3-16(25)4-6-17/h11-17H,3-10,25H2,1-2H3. The summed E-state index contributed by atoms with van der Waals surface area (Å²) in [6.07, 6.45) is 6.27. The van der Waals surface area contributed by atoms with Crippen LogP contribution in [-0.2, 0) is 11.8 Å². The highest BCUT2D eigenvalue weighted by molar-refractivity contribution is 5.87. The second kappa shape index (κ2) is 10.2. The second-order valence-corrected chi connectivity index (χ2v) is 9.34. The number of pyridine rings is 2. The number of nitrogens with two attached hydrogens (primary N) is 1. The molecular formula is C24H31N7O5. The minimum Gasteiger partial charge on any atom is -0.481 e. The van der Waals surface area contributed by atoms with Gasteiger partial charge in [-0.15, -0.1) is 0 Å². The van der Waals surface area contributed by atoms with E-state index in [-0.39, 0.29) is 18.1 Å². The minimum absolute atomic E-state index is 0.0407. The van der Waals surface area contributed by atoms with Gasteiger partial charge < -0.3 is 35.0 Å². The number of ether oxygens (including phenoxy) is 3. The maximum atomic E-state index is 11.2. The molecule has 3 aromatic rings. The molecule has 1 aliphatic heterocycles. The lowest BCUT2D eigenvalue weighted by molar-refractivity contribution is -0.396. The van der Waals surface area contributed by atoms with Crippen LogP contribution in [0.3, 0.4) is 0 Å². The molecule has 12 nitrogen and oxygen atoms in total. The summed E-state index contributed by atoms with van der Waals surface area (Å²) in [6, 6.07) is 4.05. The van der Waals surface area contributed by atoms with Crippen LogP contribution in [0.1, 0.15) is 44.4 Å². The number of anilines is 1. The average Bonchev–Trinajstić information content (AvgIpc) is 3.27. The smallest absolute Gasteiger partial charge is 0.434 e. The van der Waals surface area contributed by atoms with Crippen molar-refractivity contribution in [2.24, 2.45) is 12.8 Å². The van der Waals surface area contributed by atoms with Crippen molar-refractivity contribution in [1.82, 2.24) is 19.5 Å². The Morgan fingerprint density at radius 2 is 1.92 bits per heavy atom. The van der Waals surface area contributed by atoms with E-state index in [0.717, 1.165) is 55.5 Å². The summed E-state index contributed by atoms with van der Waals surface area (Å²) in [6.45, 7) is 4.63. The Hall–Kier alpha value is -3.51. The summed E-state index contributed by atoms with van der Waals surface area (Å²) in [5.41, 5.74) is 7.42. The molecule has 2 fully saturated rings. The lowest BCUT2D eigenvalue weighted by Crippen LogP contribution is -2.37. The van der Waals surface area contributed by atoms with Crippen molar-refractivity contribution in [1.29, 1.82) is 0 Å². The van der Waals surface area contributed by atoms with Crippen LogP contribution >= 0.6 is 0 Å². The third-order valence-corrected chi connectivity index (χ3v) is 6.83. The van der Waals surface area contributed by atoms with Gasteiger partial charge in [-0.1, -0.05) is 4.98 Å². The summed E-state index contributed by atoms with van der Waals surface area (Å²) < 4.78 is 19.5. The Kier molecular flexibility index (Phi) is 6.88. The summed E-state index contributed by atoms with van der Waals surface area (Å²) >= 11 is 0. The fourth-order valence-corrected chi connectivity index (χ4v) is 4.76. The minimum atomic E-state index is -0.521. The fourth-order valence-electron chi connectivity index (χ4n) is 4.76. The van der Waals surface area contributed by atoms with Gasteiger partial charge in [0, 0.05) is 25.2 Å². The summed E-state index contributed by atoms with van der Waals surface area (Å²) in [7, 11) is 1.60. The second-order valence-electron chi connectivity index (χ2n) is 9.34. The van der Waals surface area contributed by atoms with E-state index in [0.29, 0.717) is 30.5 Å². The molecule has 192 valence electrons. The quantitative estimate of drug-likeness (QED) is 0.382. The van der Waals surface area contributed by atoms with Crippen LogP contribution in [0.2, 0.25) is 0 Å². The number of imidazole rings is 1. The normalized spacial score (nSPS) is 21.4. The molecule has 2 aliphatic rings. The maximum Gasteiger partial charge on any atom is 0.434 e. The molecule has 0 bridgehead atoms. The largest absolute Gasteiger partial charge is 0.481 e. The van der Waals surface area contributed by atoms with Crippen molar-refractivity contribution < 1.29 is 19.1 Å². The zero-order valence-corrected chi connectivity index (χ0v) is 20.5. The highest BCUT2D eigenvalue weighted by Gasteiger charge is 2.25. The maximum absolute atomic E-state index is 11.2. The van der Waals surface area contributed by atoms with Crippen LogP contribution in [0.25, 0.3) is 10.9 Å². The highest BCUT2D eigenvalue weighted by atomic mass is 16.6. The number of hydrogen-bond donors (Lipinski definition) is 1. The van der Waals surface area contributed by atoms with Crippen LogP contribution in [0.15, 0.2) is 24.5 Å². The van der Waals surface area contributed by atoms with E-state index < -0.39 is 11.0 Å². The molecule has 3 aromatic heterocycles. The van der Waals surface area contributed by atoms with E-state index in [1.54, 1.807) is 13.2 Å². The van der Waals surface area contributed by atoms with Gasteiger partial charge in [0.05, 0.1) is 37.4 Å². The molecule has 1 saturated heterocycles. The SMILES string of the molecule is CC(Oc1cnc2cc(N3CCOCC3)nc(OC3CCC(N)CC3)c2c1)c1cnc([N+](=O)[O-])n1C. The predicted octanol–water partition coefficient (Wildman–Crippen LogP) is 2.90. The number of fused-ring (bicyclic) bond motifs is 1. The first kappa shape index (κ1) is 24.2. The van der Waals surface area contributed by atoms with Gasteiger partial charge in [-0.2, -0.15) is 4.98 Å². The van der Waals surface area contributed by atoms with Gasteiger partial charge in [0.25, 0.3) is 0 Å². The molecule has 0 radical (unpaired) electrons. The first-order valence-electron chi connectivity index (χ1n) is 12.3. The van der Waals surface area contributed by atoms with Crippen LogP contribution < -0.4 is 20.1 Å². The zero-order chi connectivity index (χ0) is 25.2. The third kappa shape index (κ3) is 5.05. The Balaban J connectivity index is 1.45. The lowest BCUT2D eigenvalue weighted by Gasteiger charge is -2.30. The Bertz CT molecular complexity index is 1240. The summed E-state index contributed by atoms with van der Waals surface area (Å²) in [4.78, 5) is 26.2. The molecule has 36 heavy (non-hydrogen) atoms. The molecule has 4 heterocycles.